The molecule has 4 aromatic rings. The maximum Gasteiger partial charge on any atom is 0.170 e. The first-order valence-electron chi connectivity index (χ1n) is 11.1. The normalized spacial score (nSPS) is 16.9. The highest BCUT2D eigenvalue weighted by Gasteiger charge is 2.43. The molecular formula is C29H25O3P. The van der Waals surface area contributed by atoms with Crippen molar-refractivity contribution < 1.29 is 14.4 Å². The predicted molar refractivity (Wildman–Crippen MR) is 134 cm³/mol. The van der Waals surface area contributed by atoms with Gasteiger partial charge in [0.05, 0.1) is 0 Å². The lowest BCUT2D eigenvalue weighted by atomic mass is 10.0. The van der Waals surface area contributed by atoms with E-state index in [0.717, 1.165) is 27.1 Å². The van der Waals surface area contributed by atoms with Gasteiger partial charge in [-0.2, -0.15) is 0 Å². The molecule has 0 amide bonds. The van der Waals surface area contributed by atoms with Crippen molar-refractivity contribution in [1.29, 1.82) is 0 Å². The SMILES string of the molecule is O=P(C1=C(c2ccccc2)O[C@@H]([C@H](O)c2ccccc2)C1)(c1ccccc1)c1ccccc1. The van der Waals surface area contributed by atoms with Crippen LogP contribution in [0.2, 0.25) is 0 Å². The average Bonchev–Trinajstić information content (AvgIpc) is 3.36. The summed E-state index contributed by atoms with van der Waals surface area (Å²) in [6.07, 6.45) is -0.984. The fourth-order valence-corrected chi connectivity index (χ4v) is 7.43. The molecule has 0 aliphatic carbocycles. The number of rotatable bonds is 6. The van der Waals surface area contributed by atoms with Crippen molar-refractivity contribution >= 4 is 23.5 Å². The van der Waals surface area contributed by atoms with E-state index in [2.05, 4.69) is 0 Å². The van der Waals surface area contributed by atoms with E-state index in [1.165, 1.54) is 0 Å². The zero-order valence-corrected chi connectivity index (χ0v) is 19.0. The van der Waals surface area contributed by atoms with Gasteiger partial charge in [-0.15, -0.1) is 0 Å². The average molecular weight is 452 g/mol. The fourth-order valence-electron chi connectivity index (χ4n) is 4.42. The summed E-state index contributed by atoms with van der Waals surface area (Å²) in [5, 5.41) is 13.4. The van der Waals surface area contributed by atoms with E-state index in [0.29, 0.717) is 12.2 Å². The van der Waals surface area contributed by atoms with E-state index >= 15 is 4.57 Å². The lowest BCUT2D eigenvalue weighted by Gasteiger charge is -2.22. The van der Waals surface area contributed by atoms with Gasteiger partial charge in [0.25, 0.3) is 0 Å². The van der Waals surface area contributed by atoms with E-state index in [1.54, 1.807) is 0 Å². The van der Waals surface area contributed by atoms with Crippen LogP contribution in [-0.2, 0) is 9.30 Å². The van der Waals surface area contributed by atoms with Crippen LogP contribution in [0.5, 0.6) is 0 Å². The van der Waals surface area contributed by atoms with Crippen molar-refractivity contribution in [3.63, 3.8) is 0 Å². The summed E-state index contributed by atoms with van der Waals surface area (Å²) >= 11 is 0. The molecule has 1 N–H and O–H groups in total. The largest absolute Gasteiger partial charge is 0.486 e. The van der Waals surface area contributed by atoms with Gasteiger partial charge in [0.1, 0.15) is 18.0 Å². The van der Waals surface area contributed by atoms with Crippen LogP contribution in [0.25, 0.3) is 5.76 Å². The Morgan fingerprint density at radius 2 is 1.15 bits per heavy atom. The highest BCUT2D eigenvalue weighted by atomic mass is 31.2. The fraction of sp³-hybridized carbons (Fsp3) is 0.103. The van der Waals surface area contributed by atoms with Crippen molar-refractivity contribution in [3.8, 4) is 0 Å². The van der Waals surface area contributed by atoms with Crippen LogP contribution in [0.3, 0.4) is 0 Å². The topological polar surface area (TPSA) is 46.5 Å². The third-order valence-corrected chi connectivity index (χ3v) is 9.27. The van der Waals surface area contributed by atoms with Gasteiger partial charge in [0.15, 0.2) is 7.14 Å². The number of ether oxygens (including phenoxy) is 1. The monoisotopic (exact) mass is 452 g/mol. The first kappa shape index (κ1) is 21.5. The molecule has 5 rings (SSSR count). The lowest BCUT2D eigenvalue weighted by Crippen LogP contribution is -2.20. The summed E-state index contributed by atoms with van der Waals surface area (Å²) < 4.78 is 21.5. The van der Waals surface area contributed by atoms with Crippen molar-refractivity contribution in [1.82, 2.24) is 0 Å². The van der Waals surface area contributed by atoms with Crippen LogP contribution >= 0.6 is 7.14 Å². The zero-order chi connectivity index (χ0) is 22.7. The molecule has 0 bridgehead atoms. The minimum atomic E-state index is -3.22. The Kier molecular flexibility index (Phi) is 6.00. The molecule has 33 heavy (non-hydrogen) atoms. The lowest BCUT2D eigenvalue weighted by molar-refractivity contribution is 0.0307. The smallest absolute Gasteiger partial charge is 0.170 e. The Morgan fingerprint density at radius 1 is 0.697 bits per heavy atom. The Bertz CT molecular complexity index is 1240. The van der Waals surface area contributed by atoms with E-state index in [-0.39, 0.29) is 0 Å². The molecule has 3 nitrogen and oxygen atoms in total. The molecular weight excluding hydrogens is 427 g/mol. The molecule has 1 aliphatic heterocycles. The first-order valence-corrected chi connectivity index (χ1v) is 12.8. The van der Waals surface area contributed by atoms with Crippen molar-refractivity contribution in [3.05, 3.63) is 138 Å². The van der Waals surface area contributed by atoms with Crippen molar-refractivity contribution in [2.75, 3.05) is 0 Å². The molecule has 2 atom stereocenters. The summed E-state index contributed by atoms with van der Waals surface area (Å²) in [6.45, 7) is 0. The van der Waals surface area contributed by atoms with Gasteiger partial charge in [0, 0.05) is 27.9 Å². The third-order valence-electron chi connectivity index (χ3n) is 6.07. The third kappa shape index (κ3) is 4.06. The van der Waals surface area contributed by atoms with Gasteiger partial charge in [-0.25, -0.2) is 0 Å². The summed E-state index contributed by atoms with van der Waals surface area (Å²) in [7, 11) is -3.22. The highest BCUT2D eigenvalue weighted by Crippen LogP contribution is 2.59. The Balaban J connectivity index is 1.67. The van der Waals surface area contributed by atoms with E-state index in [1.807, 2.05) is 121 Å². The molecule has 1 aliphatic rings. The molecule has 4 heteroatoms. The van der Waals surface area contributed by atoms with Crippen LogP contribution in [0, 0.1) is 0 Å². The molecule has 4 aromatic carbocycles. The van der Waals surface area contributed by atoms with Gasteiger partial charge in [0.2, 0.25) is 0 Å². The predicted octanol–water partition coefficient (Wildman–Crippen LogP) is 5.89. The highest BCUT2D eigenvalue weighted by molar-refractivity contribution is 7.82. The Morgan fingerprint density at radius 3 is 1.67 bits per heavy atom. The van der Waals surface area contributed by atoms with Gasteiger partial charge in [-0.1, -0.05) is 121 Å². The van der Waals surface area contributed by atoms with E-state index in [4.69, 9.17) is 4.74 Å². The minimum absolute atomic E-state index is 0.376. The van der Waals surface area contributed by atoms with Gasteiger partial charge >= 0.3 is 0 Å². The standard InChI is InChI=1S/C29H25O3P/c30-28(22-13-5-1-6-14-22)26-21-27(29(32-26)23-15-7-2-8-16-23)33(31,24-17-9-3-10-18-24)25-19-11-4-12-20-25/h1-20,26,28,30H,21H2/t26-,28-/m1/s1. The van der Waals surface area contributed by atoms with Crippen LogP contribution in [0.4, 0.5) is 0 Å². The number of aliphatic hydroxyl groups excluding tert-OH is 1. The summed E-state index contributed by atoms with van der Waals surface area (Å²) in [4.78, 5) is 0. The molecule has 0 saturated carbocycles. The number of benzene rings is 4. The molecule has 164 valence electrons. The molecule has 1 heterocycles. The quantitative estimate of drug-likeness (QED) is 0.371. The second kappa shape index (κ2) is 9.23. The van der Waals surface area contributed by atoms with Gasteiger partial charge < -0.3 is 14.4 Å². The molecule has 0 saturated heterocycles. The maximum absolute atomic E-state index is 15.1. The molecule has 0 spiro atoms. The summed E-state index contributed by atoms with van der Waals surface area (Å²) in [5.74, 6) is 0.603. The van der Waals surface area contributed by atoms with Gasteiger partial charge in [-0.3, -0.25) is 0 Å². The van der Waals surface area contributed by atoms with Crippen LogP contribution in [0.15, 0.2) is 127 Å². The number of hydrogen-bond acceptors (Lipinski definition) is 3. The number of hydrogen-bond donors (Lipinski definition) is 1. The zero-order valence-electron chi connectivity index (χ0n) is 18.1. The second-order valence-electron chi connectivity index (χ2n) is 8.14. The van der Waals surface area contributed by atoms with Crippen LogP contribution in [0.1, 0.15) is 23.7 Å². The first-order chi connectivity index (χ1) is 16.2. The molecule has 0 unspecified atom stereocenters. The molecule has 0 fully saturated rings. The van der Waals surface area contributed by atoms with Crippen LogP contribution < -0.4 is 10.6 Å². The minimum Gasteiger partial charge on any atom is -0.486 e. The molecule has 0 aromatic heterocycles. The molecule has 0 radical (unpaired) electrons. The van der Waals surface area contributed by atoms with Crippen molar-refractivity contribution in [2.45, 2.75) is 18.6 Å². The summed E-state index contributed by atoms with van der Waals surface area (Å²) in [6, 6.07) is 38.5. The van der Waals surface area contributed by atoms with E-state index in [9.17, 15) is 5.11 Å². The Hall–Kier alpha value is -3.39. The van der Waals surface area contributed by atoms with Crippen molar-refractivity contribution in [2.24, 2.45) is 0 Å². The number of aliphatic hydroxyl groups is 1. The maximum atomic E-state index is 15.1. The van der Waals surface area contributed by atoms with E-state index < -0.39 is 19.3 Å². The second-order valence-corrected chi connectivity index (χ2v) is 10.9. The van der Waals surface area contributed by atoms with Gasteiger partial charge in [-0.05, 0) is 5.56 Å². The summed E-state index contributed by atoms with van der Waals surface area (Å²) in [5.41, 5.74) is 1.65. The van der Waals surface area contributed by atoms with Crippen LogP contribution in [-0.4, -0.2) is 11.2 Å². The Labute approximate surface area is 194 Å².